The monoisotopic (exact) mass is 310 g/mol. The van der Waals surface area contributed by atoms with Gasteiger partial charge in [-0.1, -0.05) is 17.7 Å². The van der Waals surface area contributed by atoms with E-state index in [0.29, 0.717) is 11.1 Å². The summed E-state index contributed by atoms with van der Waals surface area (Å²) >= 11 is 6.05. The average Bonchev–Trinajstić information content (AvgIpc) is 2.96. The van der Waals surface area contributed by atoms with Crippen LogP contribution in [0.5, 0.6) is 0 Å². The van der Waals surface area contributed by atoms with Crippen molar-refractivity contribution in [3.63, 3.8) is 0 Å². The van der Waals surface area contributed by atoms with Crippen LogP contribution in [0, 0.1) is 6.92 Å². The summed E-state index contributed by atoms with van der Waals surface area (Å²) in [5, 5.41) is 3.52. The Labute approximate surface area is 131 Å². The van der Waals surface area contributed by atoms with E-state index in [4.69, 9.17) is 16.3 Å². The van der Waals surface area contributed by atoms with E-state index in [9.17, 15) is 4.79 Å². The van der Waals surface area contributed by atoms with Crippen LogP contribution in [0.25, 0.3) is 0 Å². The summed E-state index contributed by atoms with van der Waals surface area (Å²) in [6.45, 7) is 3.55. The fourth-order valence-electron chi connectivity index (χ4n) is 2.42. The van der Waals surface area contributed by atoms with Crippen molar-refractivity contribution < 1.29 is 9.53 Å². The molecule has 116 valence electrons. The molecule has 21 heavy (non-hydrogen) atoms. The molecule has 0 radical (unpaired) electrons. The zero-order chi connectivity index (χ0) is 15.2. The largest absolute Gasteiger partial charge is 0.378 e. The van der Waals surface area contributed by atoms with Crippen LogP contribution in [-0.2, 0) is 4.74 Å². The van der Waals surface area contributed by atoms with E-state index in [1.807, 2.05) is 19.1 Å². The molecule has 1 aromatic carbocycles. The number of hydrogen-bond acceptors (Lipinski definition) is 2. The second-order valence-electron chi connectivity index (χ2n) is 5.59. The first-order chi connectivity index (χ1) is 10.1. The molecule has 2 rings (SSSR count). The Hall–Kier alpha value is -1.26. The second-order valence-corrected chi connectivity index (χ2v) is 6.00. The van der Waals surface area contributed by atoms with Crippen LogP contribution < -0.4 is 5.32 Å². The standard InChI is InChI=1S/C16H23ClN2O2/c1-12-7-8-13(11-15(12)17)18-16(20)19(2)9-3-5-14-6-4-10-21-14/h7-8,11,14H,3-6,9-10H2,1-2H3,(H,18,20)/t14-/m1/s1. The molecular weight excluding hydrogens is 288 g/mol. The summed E-state index contributed by atoms with van der Waals surface area (Å²) in [5.74, 6) is 0. The van der Waals surface area contributed by atoms with E-state index in [2.05, 4.69) is 5.32 Å². The number of nitrogens with one attached hydrogen (secondary N) is 1. The molecule has 1 aromatic rings. The van der Waals surface area contributed by atoms with Crippen LogP contribution in [0.2, 0.25) is 5.02 Å². The number of aryl methyl sites for hydroxylation is 1. The Morgan fingerprint density at radius 3 is 3.00 bits per heavy atom. The Kier molecular flexibility index (Phi) is 5.88. The second kappa shape index (κ2) is 7.66. The number of urea groups is 1. The number of ether oxygens (including phenoxy) is 1. The zero-order valence-corrected chi connectivity index (χ0v) is 13.4. The smallest absolute Gasteiger partial charge is 0.321 e. The average molecular weight is 311 g/mol. The minimum absolute atomic E-state index is 0.109. The normalized spacial score (nSPS) is 17.8. The van der Waals surface area contributed by atoms with Gasteiger partial charge in [0.1, 0.15) is 0 Å². The zero-order valence-electron chi connectivity index (χ0n) is 12.7. The van der Waals surface area contributed by atoms with Crippen molar-refractivity contribution in [2.75, 3.05) is 25.5 Å². The molecule has 4 nitrogen and oxygen atoms in total. The Balaban J connectivity index is 1.74. The van der Waals surface area contributed by atoms with Crippen LogP contribution in [0.3, 0.4) is 0 Å². The van der Waals surface area contributed by atoms with Crippen molar-refractivity contribution in [3.05, 3.63) is 28.8 Å². The van der Waals surface area contributed by atoms with E-state index in [0.717, 1.165) is 50.1 Å². The molecule has 0 spiro atoms. The number of carbonyl (C=O) groups excluding carboxylic acids is 1. The van der Waals surface area contributed by atoms with Crippen molar-refractivity contribution in [2.45, 2.75) is 38.7 Å². The number of amides is 2. The molecule has 1 saturated heterocycles. The molecule has 2 amide bonds. The topological polar surface area (TPSA) is 41.6 Å². The van der Waals surface area contributed by atoms with Gasteiger partial charge in [-0.2, -0.15) is 0 Å². The predicted molar refractivity (Wildman–Crippen MR) is 86.0 cm³/mol. The van der Waals surface area contributed by atoms with Crippen LogP contribution in [0.4, 0.5) is 10.5 Å². The minimum Gasteiger partial charge on any atom is -0.378 e. The molecule has 0 bridgehead atoms. The molecule has 0 aromatic heterocycles. The van der Waals surface area contributed by atoms with Crippen molar-refractivity contribution in [1.29, 1.82) is 0 Å². The number of nitrogens with zero attached hydrogens (tertiary/aromatic N) is 1. The van der Waals surface area contributed by atoms with Crippen molar-refractivity contribution in [2.24, 2.45) is 0 Å². The summed E-state index contributed by atoms with van der Waals surface area (Å²) < 4.78 is 5.58. The Morgan fingerprint density at radius 2 is 2.33 bits per heavy atom. The van der Waals surface area contributed by atoms with Gasteiger partial charge in [0.05, 0.1) is 6.10 Å². The number of carbonyl (C=O) groups is 1. The molecule has 1 N–H and O–H groups in total. The van der Waals surface area contributed by atoms with Gasteiger partial charge in [0.25, 0.3) is 0 Å². The lowest BCUT2D eigenvalue weighted by atomic mass is 10.1. The highest BCUT2D eigenvalue weighted by Gasteiger charge is 2.16. The Morgan fingerprint density at radius 1 is 1.52 bits per heavy atom. The maximum absolute atomic E-state index is 12.1. The number of hydrogen-bond donors (Lipinski definition) is 1. The van der Waals surface area contributed by atoms with Crippen LogP contribution >= 0.6 is 11.6 Å². The van der Waals surface area contributed by atoms with Gasteiger partial charge in [0.15, 0.2) is 0 Å². The van der Waals surface area contributed by atoms with Crippen molar-refractivity contribution >= 4 is 23.3 Å². The lowest BCUT2D eigenvalue weighted by Crippen LogP contribution is -2.32. The van der Waals surface area contributed by atoms with Crippen molar-refractivity contribution in [1.82, 2.24) is 4.90 Å². The predicted octanol–water partition coefficient (Wildman–Crippen LogP) is 4.07. The van der Waals surface area contributed by atoms with E-state index < -0.39 is 0 Å². The molecule has 0 unspecified atom stereocenters. The van der Waals surface area contributed by atoms with Gasteiger partial charge in [-0.25, -0.2) is 4.79 Å². The number of rotatable bonds is 5. The van der Waals surface area contributed by atoms with E-state index in [-0.39, 0.29) is 6.03 Å². The van der Waals surface area contributed by atoms with Gasteiger partial charge in [-0.3, -0.25) is 0 Å². The molecule has 1 atom stereocenters. The molecule has 0 aliphatic carbocycles. The lowest BCUT2D eigenvalue weighted by Gasteiger charge is -2.19. The first-order valence-corrected chi connectivity index (χ1v) is 7.84. The SMILES string of the molecule is Cc1ccc(NC(=O)N(C)CCC[C@@H]2CCCO2)cc1Cl. The quantitative estimate of drug-likeness (QED) is 0.890. The van der Waals surface area contributed by atoms with Gasteiger partial charge >= 0.3 is 6.03 Å². The highest BCUT2D eigenvalue weighted by atomic mass is 35.5. The van der Waals surface area contributed by atoms with Crippen molar-refractivity contribution in [3.8, 4) is 0 Å². The van der Waals surface area contributed by atoms with E-state index in [1.165, 1.54) is 0 Å². The molecule has 1 aliphatic heterocycles. The van der Waals surface area contributed by atoms with Crippen LogP contribution in [0.15, 0.2) is 18.2 Å². The summed E-state index contributed by atoms with van der Waals surface area (Å²) in [6.07, 6.45) is 4.68. The van der Waals surface area contributed by atoms with Crippen LogP contribution in [0.1, 0.15) is 31.2 Å². The molecule has 5 heteroatoms. The van der Waals surface area contributed by atoms with Gasteiger partial charge in [-0.15, -0.1) is 0 Å². The molecule has 1 aliphatic rings. The number of anilines is 1. The van der Waals surface area contributed by atoms with Gasteiger partial charge < -0.3 is 15.0 Å². The molecule has 0 saturated carbocycles. The highest BCUT2D eigenvalue weighted by molar-refractivity contribution is 6.31. The third-order valence-electron chi connectivity index (χ3n) is 3.81. The number of benzene rings is 1. The minimum atomic E-state index is -0.109. The summed E-state index contributed by atoms with van der Waals surface area (Å²) in [4.78, 5) is 13.8. The maximum Gasteiger partial charge on any atom is 0.321 e. The highest BCUT2D eigenvalue weighted by Crippen LogP contribution is 2.20. The number of halogens is 1. The summed E-state index contributed by atoms with van der Waals surface area (Å²) in [5.41, 5.74) is 1.72. The van der Waals surface area contributed by atoms with E-state index >= 15 is 0 Å². The lowest BCUT2D eigenvalue weighted by molar-refractivity contribution is 0.101. The third-order valence-corrected chi connectivity index (χ3v) is 4.22. The molecular formula is C16H23ClN2O2. The first kappa shape index (κ1) is 16.1. The van der Waals surface area contributed by atoms with Gasteiger partial charge in [0, 0.05) is 30.9 Å². The van der Waals surface area contributed by atoms with Crippen LogP contribution in [-0.4, -0.2) is 37.2 Å². The van der Waals surface area contributed by atoms with Gasteiger partial charge in [0.2, 0.25) is 0 Å². The van der Waals surface area contributed by atoms with Gasteiger partial charge in [-0.05, 0) is 50.3 Å². The summed E-state index contributed by atoms with van der Waals surface area (Å²) in [6, 6.07) is 5.42. The fraction of sp³-hybridized carbons (Fsp3) is 0.562. The molecule has 1 heterocycles. The van der Waals surface area contributed by atoms with E-state index in [1.54, 1.807) is 18.0 Å². The molecule has 1 fully saturated rings. The third kappa shape index (κ3) is 4.90. The maximum atomic E-state index is 12.1. The Bertz CT molecular complexity index is 487. The first-order valence-electron chi connectivity index (χ1n) is 7.46. The fourth-order valence-corrected chi connectivity index (χ4v) is 2.60. The summed E-state index contributed by atoms with van der Waals surface area (Å²) in [7, 11) is 1.81.